The SMILES string of the molecule is CO[C@@H](C)c1ncc(N2CCN3CCOC[C@@H]3C2)cc1-c1c2c3cc(ccc3n1CC(F)(F)F)N1CCO[C@@H](C[C@H](NC(=O)[C@H](C3CCCC3)N3CCOC4(CN(C(=O)[C@@H]5N[C@@H]5C5CC5)C4)C3)C(=O)N3CCC[C@H](N3)C(=O)OCC(C)(C)C2)C1. The highest BCUT2D eigenvalue weighted by Crippen LogP contribution is 2.46. The van der Waals surface area contributed by atoms with Crippen LogP contribution in [0.15, 0.2) is 30.5 Å². The summed E-state index contributed by atoms with van der Waals surface area (Å²) in [5.41, 5.74) is 5.83. The van der Waals surface area contributed by atoms with Gasteiger partial charge in [-0.2, -0.15) is 13.2 Å². The van der Waals surface area contributed by atoms with Gasteiger partial charge in [0.15, 0.2) is 0 Å². The highest BCUT2D eigenvalue weighted by atomic mass is 19.4. The number of amides is 3. The van der Waals surface area contributed by atoms with Gasteiger partial charge in [0.05, 0.1) is 93.7 Å². The molecule has 7 saturated heterocycles. The molecule has 2 saturated carbocycles. The van der Waals surface area contributed by atoms with Crippen molar-refractivity contribution in [2.75, 3.05) is 122 Å². The number of methoxy groups -OCH3 is 1. The van der Waals surface area contributed by atoms with Gasteiger partial charge in [-0.3, -0.25) is 44.3 Å². The molecule has 9 fully saturated rings. The van der Waals surface area contributed by atoms with Crippen molar-refractivity contribution in [3.8, 4) is 11.3 Å². The number of carbonyl (C=O) groups is 4. The molecule has 6 bridgehead atoms. The van der Waals surface area contributed by atoms with E-state index in [2.05, 4.69) is 35.7 Å². The number of anilines is 2. The summed E-state index contributed by atoms with van der Waals surface area (Å²) in [5.74, 6) is -0.400. The summed E-state index contributed by atoms with van der Waals surface area (Å²) >= 11 is 0. The van der Waals surface area contributed by atoms with E-state index in [0.717, 1.165) is 50.1 Å². The van der Waals surface area contributed by atoms with Crippen molar-refractivity contribution in [1.82, 2.24) is 45.3 Å². The van der Waals surface area contributed by atoms with Crippen LogP contribution in [0.25, 0.3) is 22.2 Å². The number of pyridine rings is 1. The highest BCUT2D eigenvalue weighted by molar-refractivity contribution is 5.95. The molecule has 8 aliphatic heterocycles. The number of likely N-dealkylation sites (tertiary alicyclic amines) is 1. The van der Waals surface area contributed by atoms with E-state index in [4.69, 9.17) is 28.7 Å². The van der Waals surface area contributed by atoms with Crippen molar-refractivity contribution in [2.45, 2.75) is 152 Å². The van der Waals surface area contributed by atoms with Gasteiger partial charge in [0.1, 0.15) is 30.3 Å². The number of benzene rings is 1. The predicted molar refractivity (Wildman–Crippen MR) is 306 cm³/mol. The number of aromatic nitrogens is 2. The maximum atomic E-state index is 15.3. The molecule has 84 heavy (non-hydrogen) atoms. The van der Waals surface area contributed by atoms with Gasteiger partial charge in [0.2, 0.25) is 11.8 Å². The van der Waals surface area contributed by atoms with Crippen molar-refractivity contribution in [3.05, 3.63) is 41.7 Å². The molecule has 458 valence electrons. The smallest absolute Gasteiger partial charge is 0.406 e. The van der Waals surface area contributed by atoms with Crippen LogP contribution in [0.1, 0.15) is 95.9 Å². The summed E-state index contributed by atoms with van der Waals surface area (Å²) < 4.78 is 78.2. The maximum absolute atomic E-state index is 15.3. The molecule has 2 aliphatic carbocycles. The number of ether oxygens (including phenoxy) is 5. The third-order valence-electron chi connectivity index (χ3n) is 19.9. The number of piperazine rings is 1. The molecule has 20 nitrogen and oxygen atoms in total. The minimum Gasteiger partial charge on any atom is -0.464 e. The number of alkyl halides is 3. The predicted octanol–water partition coefficient (Wildman–Crippen LogP) is 4.42. The summed E-state index contributed by atoms with van der Waals surface area (Å²) in [7, 11) is 1.57. The maximum Gasteiger partial charge on any atom is 0.406 e. The Hall–Kier alpha value is -5.14. The molecule has 0 unspecified atom stereocenters. The van der Waals surface area contributed by atoms with E-state index in [9.17, 15) is 9.59 Å². The molecule has 10 aliphatic rings. The van der Waals surface area contributed by atoms with E-state index < -0.39 is 60.0 Å². The molecule has 1 aromatic carbocycles. The van der Waals surface area contributed by atoms with Crippen molar-refractivity contribution in [2.24, 2.45) is 17.3 Å². The van der Waals surface area contributed by atoms with Crippen molar-refractivity contribution in [3.63, 3.8) is 0 Å². The minimum atomic E-state index is -4.61. The fourth-order valence-electron chi connectivity index (χ4n) is 15.2. The van der Waals surface area contributed by atoms with E-state index in [0.29, 0.717) is 138 Å². The number of hydrazine groups is 1. The second-order valence-corrected chi connectivity index (χ2v) is 26.6. The third-order valence-corrected chi connectivity index (χ3v) is 19.9. The van der Waals surface area contributed by atoms with Crippen molar-refractivity contribution in [1.29, 1.82) is 0 Å². The molecule has 10 heterocycles. The van der Waals surface area contributed by atoms with Crippen LogP contribution in [-0.2, 0) is 55.8 Å². The van der Waals surface area contributed by atoms with Crippen LogP contribution in [0.4, 0.5) is 24.5 Å². The van der Waals surface area contributed by atoms with Gasteiger partial charge in [0.25, 0.3) is 5.91 Å². The first-order valence-electron chi connectivity index (χ1n) is 31.1. The lowest BCUT2D eigenvalue weighted by Crippen LogP contribution is -2.73. The molecule has 3 N–H and O–H groups in total. The molecule has 2 aromatic heterocycles. The van der Waals surface area contributed by atoms with E-state index in [1.807, 2.05) is 43.9 Å². The van der Waals surface area contributed by atoms with Crippen LogP contribution >= 0.6 is 0 Å². The fraction of sp³-hybridized carbons (Fsp3) is 0.721. The number of halogens is 3. The summed E-state index contributed by atoms with van der Waals surface area (Å²) in [6.45, 7) is 12.5. The molecule has 1 spiro atoms. The molecular weight excluding hydrogens is 1090 g/mol. The lowest BCUT2D eigenvalue weighted by molar-refractivity contribution is -0.197. The van der Waals surface area contributed by atoms with E-state index in [1.54, 1.807) is 19.4 Å². The van der Waals surface area contributed by atoms with E-state index in [1.165, 1.54) is 22.4 Å². The van der Waals surface area contributed by atoms with E-state index >= 15 is 22.8 Å². The van der Waals surface area contributed by atoms with Gasteiger partial charge in [-0.05, 0) is 93.5 Å². The Morgan fingerprint density at radius 3 is 2.51 bits per heavy atom. The summed E-state index contributed by atoms with van der Waals surface area (Å²) in [5, 5.41) is 8.77. The number of rotatable bonds is 11. The number of nitrogens with zero attached hydrogens (tertiary/aromatic N) is 8. The van der Waals surface area contributed by atoms with Gasteiger partial charge < -0.3 is 48.3 Å². The van der Waals surface area contributed by atoms with Crippen LogP contribution in [0.3, 0.4) is 0 Å². The third kappa shape index (κ3) is 11.9. The first-order chi connectivity index (χ1) is 40.4. The van der Waals surface area contributed by atoms with Crippen LogP contribution < -0.4 is 25.9 Å². The lowest BCUT2D eigenvalue weighted by atomic mass is 9.84. The highest BCUT2D eigenvalue weighted by Gasteiger charge is 2.58. The monoisotopic (exact) mass is 1170 g/mol. The molecule has 23 heteroatoms. The zero-order valence-electron chi connectivity index (χ0n) is 49.1. The summed E-state index contributed by atoms with van der Waals surface area (Å²) in [4.78, 5) is 74.2. The van der Waals surface area contributed by atoms with Crippen LogP contribution in [-0.4, -0.2) is 219 Å². The lowest BCUT2D eigenvalue weighted by Gasteiger charge is -2.55. The molecule has 3 amide bonds. The Kier molecular flexibility index (Phi) is 16.0. The topological polar surface area (TPSA) is 198 Å². The Morgan fingerprint density at radius 2 is 1.73 bits per heavy atom. The minimum absolute atomic E-state index is 0.0506. The van der Waals surface area contributed by atoms with Gasteiger partial charge >= 0.3 is 12.1 Å². The first-order valence-corrected chi connectivity index (χ1v) is 31.1. The van der Waals surface area contributed by atoms with Gasteiger partial charge in [-0.15, -0.1) is 0 Å². The summed E-state index contributed by atoms with van der Waals surface area (Å²) in [6.07, 6.45) is 3.37. The zero-order valence-corrected chi connectivity index (χ0v) is 49.1. The Balaban J connectivity index is 0.832. The van der Waals surface area contributed by atoms with Gasteiger partial charge in [0, 0.05) is 106 Å². The van der Waals surface area contributed by atoms with Crippen molar-refractivity contribution >= 4 is 46.0 Å². The number of hydrogen-bond acceptors (Lipinski definition) is 16. The number of morpholine rings is 3. The average Bonchev–Trinajstić information content (AvgIpc) is 1.84. The Morgan fingerprint density at radius 1 is 0.917 bits per heavy atom. The number of cyclic esters (lactones) is 1. The number of fused-ring (bicyclic) bond motifs is 7. The molecule has 3 aromatic rings. The second kappa shape index (κ2) is 23.2. The van der Waals surface area contributed by atoms with Crippen molar-refractivity contribution < 1.29 is 56.0 Å². The molecule has 8 atom stereocenters. The molecule has 13 rings (SSSR count). The Labute approximate surface area is 489 Å². The Bertz CT molecular complexity index is 2960. The van der Waals surface area contributed by atoms with Gasteiger partial charge in [-0.25, -0.2) is 5.43 Å². The van der Waals surface area contributed by atoms with Crippen LogP contribution in [0.2, 0.25) is 0 Å². The quantitative estimate of drug-likeness (QED) is 0.180. The van der Waals surface area contributed by atoms with Crippen LogP contribution in [0.5, 0.6) is 0 Å². The number of carbonyl (C=O) groups excluding carboxylic acids is 4. The average molecular weight is 1170 g/mol. The first kappa shape index (κ1) is 57.9. The normalized spacial score (nSPS) is 29.7. The largest absolute Gasteiger partial charge is 0.464 e. The number of esters is 1. The number of hydrogen-bond donors (Lipinski definition) is 3. The van der Waals surface area contributed by atoms with E-state index in [-0.39, 0.29) is 61.2 Å². The number of nitrogens with one attached hydrogen (secondary N) is 3. The summed E-state index contributed by atoms with van der Waals surface area (Å²) in [6, 6.07) is 5.45. The molecule has 0 radical (unpaired) electrons. The second-order valence-electron chi connectivity index (χ2n) is 26.6. The van der Waals surface area contributed by atoms with Crippen LogP contribution in [0, 0.1) is 17.3 Å². The zero-order chi connectivity index (χ0) is 58.2. The van der Waals surface area contributed by atoms with Gasteiger partial charge in [-0.1, -0.05) is 26.7 Å². The standard InChI is InChI=1S/C61H84F3N11O9/c1-37(80-4)50-45(25-41(28-65-50)70-17-16-69-18-21-81-31-42(69)29-70)54-46-27-59(2,3)36-83-58(79)47-10-7-15-75(68-47)56(77)48(26-43-30-71(19-22-82-43)40-13-14-49(44(46)24-40)74(54)35-61(62,63)64)66-55(76)53(39-8-5-6-9-39)72-20-23-84-60(32-72)33-73(34-60)57(78)52-51(67-52)38-11-12-38/h13-14,24-25,28,37-39,42-43,47-48,51-53,67-68H,5-12,15-23,26-27,29-36H2,1-4H3,(H,66,76)/t37-,42-,43-,47-,48-,51+,52+,53-/m0/s1. The fourth-order valence-corrected chi connectivity index (χ4v) is 15.2. The molecular formula is C61H84F3N11O9.